The number of nitrogens with one attached hydrogen (secondary N) is 2. The lowest BCUT2D eigenvalue weighted by Crippen LogP contribution is -2.53. The van der Waals surface area contributed by atoms with Crippen LogP contribution in [0.25, 0.3) is 11.4 Å². The Labute approximate surface area is 185 Å². The lowest BCUT2D eigenvalue weighted by Gasteiger charge is -2.40. The van der Waals surface area contributed by atoms with Crippen molar-refractivity contribution in [1.29, 1.82) is 0 Å². The number of carbonyl (C=O) groups is 1. The van der Waals surface area contributed by atoms with E-state index in [1.54, 1.807) is 4.68 Å². The molecule has 1 amide bonds. The minimum absolute atomic E-state index is 0.0558. The molecular formula is C20H27Cl2N5OS. The maximum Gasteiger partial charge on any atom is 0.261 e. The highest BCUT2D eigenvalue weighted by atomic mass is 35.5. The van der Waals surface area contributed by atoms with Gasteiger partial charge in [-0.2, -0.15) is 5.10 Å². The summed E-state index contributed by atoms with van der Waals surface area (Å²) in [4.78, 5) is 18.1. The van der Waals surface area contributed by atoms with Gasteiger partial charge in [-0.05, 0) is 50.1 Å². The molecule has 2 aliphatic rings. The zero-order valence-corrected chi connectivity index (χ0v) is 19.1. The van der Waals surface area contributed by atoms with Crippen molar-refractivity contribution in [1.82, 2.24) is 25.4 Å². The van der Waals surface area contributed by atoms with E-state index < -0.39 is 0 Å². The van der Waals surface area contributed by atoms with Gasteiger partial charge in [-0.25, -0.2) is 9.67 Å². The average molecular weight is 456 g/mol. The van der Waals surface area contributed by atoms with Gasteiger partial charge in [-0.1, -0.05) is 24.4 Å². The van der Waals surface area contributed by atoms with Gasteiger partial charge in [0, 0.05) is 25.0 Å². The lowest BCUT2D eigenvalue weighted by atomic mass is 9.73. The normalized spacial score (nSPS) is 27.7. The van der Waals surface area contributed by atoms with Gasteiger partial charge < -0.3 is 10.6 Å². The van der Waals surface area contributed by atoms with E-state index in [1.807, 2.05) is 14.0 Å². The van der Waals surface area contributed by atoms with Crippen LogP contribution in [0.3, 0.4) is 0 Å². The number of halogens is 2. The molecule has 1 saturated carbocycles. The number of piperidine rings is 1. The van der Waals surface area contributed by atoms with Gasteiger partial charge in [-0.3, -0.25) is 4.79 Å². The van der Waals surface area contributed by atoms with E-state index in [0.29, 0.717) is 26.9 Å². The van der Waals surface area contributed by atoms with Crippen LogP contribution in [-0.4, -0.2) is 45.2 Å². The van der Waals surface area contributed by atoms with E-state index in [1.165, 1.54) is 30.5 Å². The summed E-state index contributed by atoms with van der Waals surface area (Å²) in [5.41, 5.74) is 1.64. The molecule has 0 spiro atoms. The standard InChI is InChI=1S/C20H27Cl2N5OS/c1-11-16(19-24-10-25-27(19)2)18(22)29-17(11)20(28)26-15-9-23-7-6-14(15)12-4-3-5-13(21)8-12/h10,12-15,23H,3-9H2,1-2H3,(H,26,28)/t12?,13?,14?,15-/m0/s1. The Hall–Kier alpha value is -1.15. The topological polar surface area (TPSA) is 71.8 Å². The second kappa shape index (κ2) is 8.92. The van der Waals surface area contributed by atoms with E-state index >= 15 is 0 Å². The van der Waals surface area contributed by atoms with Gasteiger partial charge in [0.1, 0.15) is 10.7 Å². The second-order valence-electron chi connectivity index (χ2n) is 8.17. The van der Waals surface area contributed by atoms with Crippen molar-refractivity contribution in [2.75, 3.05) is 13.1 Å². The average Bonchev–Trinajstić information content (AvgIpc) is 3.24. The molecule has 0 radical (unpaired) electrons. The van der Waals surface area contributed by atoms with Crippen molar-refractivity contribution in [3.8, 4) is 11.4 Å². The summed E-state index contributed by atoms with van der Waals surface area (Å²) in [5.74, 6) is 1.67. The van der Waals surface area contributed by atoms with Crippen LogP contribution in [0.4, 0.5) is 0 Å². The molecule has 4 atom stereocenters. The second-order valence-corrected chi connectivity index (χ2v) is 10.4. The minimum Gasteiger partial charge on any atom is -0.347 e. The molecule has 0 aromatic carbocycles. The number of aromatic nitrogens is 3. The van der Waals surface area contributed by atoms with Crippen molar-refractivity contribution in [2.24, 2.45) is 18.9 Å². The monoisotopic (exact) mass is 455 g/mol. The highest BCUT2D eigenvalue weighted by molar-refractivity contribution is 7.18. The first kappa shape index (κ1) is 21.1. The molecule has 1 aliphatic carbocycles. The molecule has 4 rings (SSSR count). The molecule has 29 heavy (non-hydrogen) atoms. The Bertz CT molecular complexity index is 882. The number of amides is 1. The van der Waals surface area contributed by atoms with Crippen LogP contribution < -0.4 is 10.6 Å². The maximum atomic E-state index is 13.2. The molecule has 158 valence electrons. The Morgan fingerprint density at radius 3 is 2.93 bits per heavy atom. The fraction of sp³-hybridized carbons (Fsp3) is 0.650. The largest absolute Gasteiger partial charge is 0.347 e. The van der Waals surface area contributed by atoms with Gasteiger partial charge in [0.15, 0.2) is 5.82 Å². The van der Waals surface area contributed by atoms with Gasteiger partial charge >= 0.3 is 0 Å². The number of nitrogens with zero attached hydrogens (tertiary/aromatic N) is 3. The summed E-state index contributed by atoms with van der Waals surface area (Å²) in [6, 6.07) is 0.113. The molecule has 3 heterocycles. The molecule has 6 nitrogen and oxygen atoms in total. The van der Waals surface area contributed by atoms with Crippen LogP contribution in [-0.2, 0) is 7.05 Å². The first-order valence-electron chi connectivity index (χ1n) is 10.2. The van der Waals surface area contributed by atoms with E-state index in [-0.39, 0.29) is 17.3 Å². The van der Waals surface area contributed by atoms with Gasteiger partial charge in [0.25, 0.3) is 5.91 Å². The zero-order valence-electron chi connectivity index (χ0n) is 16.8. The molecule has 1 aliphatic heterocycles. The van der Waals surface area contributed by atoms with E-state index in [9.17, 15) is 4.79 Å². The van der Waals surface area contributed by atoms with Gasteiger partial charge in [0.05, 0.1) is 10.4 Å². The number of aryl methyl sites for hydroxylation is 1. The number of hydrogen-bond donors (Lipinski definition) is 2. The number of rotatable bonds is 4. The fourth-order valence-corrected chi connectivity index (χ4v) is 6.64. The molecule has 2 aromatic rings. The summed E-state index contributed by atoms with van der Waals surface area (Å²) >= 11 is 14.3. The minimum atomic E-state index is -0.0558. The molecule has 1 saturated heterocycles. The number of alkyl halides is 1. The Balaban J connectivity index is 1.53. The number of hydrogen-bond acceptors (Lipinski definition) is 5. The van der Waals surface area contributed by atoms with Crippen LogP contribution in [0, 0.1) is 18.8 Å². The zero-order chi connectivity index (χ0) is 20.5. The Morgan fingerprint density at radius 2 is 2.21 bits per heavy atom. The van der Waals surface area contributed by atoms with E-state index in [4.69, 9.17) is 23.2 Å². The van der Waals surface area contributed by atoms with Gasteiger partial charge in [0.2, 0.25) is 0 Å². The molecule has 2 N–H and O–H groups in total. The summed E-state index contributed by atoms with van der Waals surface area (Å²) in [6.07, 6.45) is 7.13. The maximum absolute atomic E-state index is 13.2. The van der Waals surface area contributed by atoms with Gasteiger partial charge in [-0.15, -0.1) is 22.9 Å². The smallest absolute Gasteiger partial charge is 0.261 e. The number of thiophene rings is 1. The SMILES string of the molecule is Cc1c(C(=O)N[C@H]2CNCCC2C2CCCC(Cl)C2)sc(Cl)c1-c1ncnn1C. The van der Waals surface area contributed by atoms with Crippen molar-refractivity contribution in [3.05, 3.63) is 21.1 Å². The third-order valence-electron chi connectivity index (χ3n) is 6.35. The highest BCUT2D eigenvalue weighted by Crippen LogP contribution is 2.40. The summed E-state index contributed by atoms with van der Waals surface area (Å²) in [6.45, 7) is 3.73. The van der Waals surface area contributed by atoms with Crippen molar-refractivity contribution >= 4 is 40.4 Å². The molecule has 2 aromatic heterocycles. The van der Waals surface area contributed by atoms with Crippen molar-refractivity contribution < 1.29 is 4.79 Å². The highest BCUT2D eigenvalue weighted by Gasteiger charge is 2.36. The van der Waals surface area contributed by atoms with Crippen LogP contribution in [0.15, 0.2) is 6.33 Å². The molecular weight excluding hydrogens is 429 g/mol. The third kappa shape index (κ3) is 4.33. The fourth-order valence-electron chi connectivity index (χ4n) is 4.86. The molecule has 0 bridgehead atoms. The van der Waals surface area contributed by atoms with Crippen molar-refractivity contribution in [3.63, 3.8) is 0 Å². The summed E-state index contributed by atoms with van der Waals surface area (Å²) < 4.78 is 2.24. The molecule has 2 fully saturated rings. The quantitative estimate of drug-likeness (QED) is 0.682. The van der Waals surface area contributed by atoms with Crippen LogP contribution in [0.2, 0.25) is 4.34 Å². The molecule has 3 unspecified atom stereocenters. The van der Waals surface area contributed by atoms with Crippen molar-refractivity contribution in [2.45, 2.75) is 50.4 Å². The van der Waals surface area contributed by atoms with E-state index in [0.717, 1.165) is 43.5 Å². The first-order valence-corrected chi connectivity index (χ1v) is 11.9. The van der Waals surface area contributed by atoms with Crippen LogP contribution >= 0.6 is 34.5 Å². The first-order chi connectivity index (χ1) is 14.0. The summed E-state index contributed by atoms with van der Waals surface area (Å²) in [5, 5.41) is 11.1. The Morgan fingerprint density at radius 1 is 1.38 bits per heavy atom. The third-order valence-corrected chi connectivity index (χ3v) is 8.25. The number of carbonyl (C=O) groups excluding carboxylic acids is 1. The lowest BCUT2D eigenvalue weighted by molar-refractivity contribution is 0.0877. The predicted molar refractivity (Wildman–Crippen MR) is 118 cm³/mol. The van der Waals surface area contributed by atoms with Crippen LogP contribution in [0.5, 0.6) is 0 Å². The Kier molecular flexibility index (Phi) is 6.49. The van der Waals surface area contributed by atoms with Crippen LogP contribution in [0.1, 0.15) is 47.3 Å². The summed E-state index contributed by atoms with van der Waals surface area (Å²) in [7, 11) is 1.82. The van der Waals surface area contributed by atoms with E-state index in [2.05, 4.69) is 20.7 Å². The molecule has 9 heteroatoms. The predicted octanol–water partition coefficient (Wildman–Crippen LogP) is 4.01.